The molecule has 0 bridgehead atoms. The molecule has 0 aliphatic heterocycles. The van der Waals surface area contributed by atoms with Crippen molar-refractivity contribution in [3.8, 4) is 39.6 Å². The smallest absolute Gasteiger partial charge is 0.160 e. The van der Waals surface area contributed by atoms with Gasteiger partial charge in [0.25, 0.3) is 0 Å². The van der Waals surface area contributed by atoms with Gasteiger partial charge in [0.2, 0.25) is 0 Å². The molecule has 260 valence electrons. The fourth-order valence-electron chi connectivity index (χ4n) is 8.85. The summed E-state index contributed by atoms with van der Waals surface area (Å²) in [6.45, 7) is 0. The van der Waals surface area contributed by atoms with Gasteiger partial charge in [-0.3, -0.25) is 0 Å². The van der Waals surface area contributed by atoms with Gasteiger partial charge >= 0.3 is 0 Å². The topological polar surface area (TPSA) is 43.9 Å². The summed E-state index contributed by atoms with van der Waals surface area (Å²) in [5, 5.41) is 11.7. The van der Waals surface area contributed by atoms with Gasteiger partial charge in [0.05, 0.1) is 28.1 Å². The van der Waals surface area contributed by atoms with Gasteiger partial charge in [-0.1, -0.05) is 152 Å². The van der Waals surface area contributed by atoms with Gasteiger partial charge in [-0.15, -0.1) is 0 Å². The summed E-state index contributed by atoms with van der Waals surface area (Å²) in [6.07, 6.45) is 0. The lowest BCUT2D eigenvalue weighted by Crippen LogP contribution is -1.98. The fourth-order valence-corrected chi connectivity index (χ4v) is 8.85. The number of benzene rings is 9. The average Bonchev–Trinajstić information content (AvgIpc) is 3.84. The minimum Gasteiger partial charge on any atom is -0.453 e. The van der Waals surface area contributed by atoms with Crippen LogP contribution in [0.1, 0.15) is 0 Å². The summed E-state index contributed by atoms with van der Waals surface area (Å²) in [5.74, 6) is 0.679. The van der Waals surface area contributed by atoms with E-state index in [9.17, 15) is 0 Å². The highest BCUT2D eigenvalue weighted by atomic mass is 16.3. The Morgan fingerprint density at radius 1 is 0.375 bits per heavy atom. The van der Waals surface area contributed by atoms with Crippen molar-refractivity contribution in [1.29, 1.82) is 0 Å². The first-order chi connectivity index (χ1) is 27.8. The zero-order valence-corrected chi connectivity index (χ0v) is 30.1. The minimum atomic E-state index is 0.679. The molecule has 12 rings (SSSR count). The van der Waals surface area contributed by atoms with Gasteiger partial charge in [-0.2, -0.15) is 0 Å². The number of fused-ring (bicyclic) bond motifs is 12. The second-order valence-electron chi connectivity index (χ2n) is 14.5. The van der Waals surface area contributed by atoms with Crippen LogP contribution in [-0.2, 0) is 0 Å². The molecular weight excluding hydrogens is 683 g/mol. The summed E-state index contributed by atoms with van der Waals surface area (Å²) < 4.78 is 9.63. The molecule has 0 aliphatic carbocycles. The van der Waals surface area contributed by atoms with Crippen LogP contribution in [0.3, 0.4) is 0 Å². The highest BCUT2D eigenvalue weighted by molar-refractivity contribution is 6.29. The van der Waals surface area contributed by atoms with Gasteiger partial charge in [-0.25, -0.2) is 9.97 Å². The van der Waals surface area contributed by atoms with Gasteiger partial charge in [0.15, 0.2) is 11.4 Å². The van der Waals surface area contributed by atoms with Crippen molar-refractivity contribution >= 4 is 76.1 Å². The number of aromatic nitrogens is 3. The van der Waals surface area contributed by atoms with E-state index in [1.807, 2.05) is 24.3 Å². The molecule has 0 spiro atoms. The normalized spacial score (nSPS) is 11.9. The first kappa shape index (κ1) is 30.9. The van der Waals surface area contributed by atoms with E-state index in [1.165, 1.54) is 32.3 Å². The molecule has 0 saturated heterocycles. The highest BCUT2D eigenvalue weighted by Gasteiger charge is 2.24. The largest absolute Gasteiger partial charge is 0.453 e. The standard InChI is InChI=1S/C52H31N3O/c1-3-16-35(17-4-1)42-31-43(54-52(53-42)36-18-5-2-6-19-36)40-27-30-46(51-47(40)41-26-23-34-15-9-12-22-39(34)50(41)56-51)55-44-28-24-32-13-7-10-20-37(32)48(44)49-38-21-11-8-14-33(38)25-29-45(49)55/h1-31H. The van der Waals surface area contributed by atoms with Crippen molar-refractivity contribution in [3.05, 3.63) is 188 Å². The molecule has 4 nitrogen and oxygen atoms in total. The monoisotopic (exact) mass is 713 g/mol. The maximum Gasteiger partial charge on any atom is 0.160 e. The third-order valence-corrected chi connectivity index (χ3v) is 11.4. The zero-order chi connectivity index (χ0) is 36.7. The second kappa shape index (κ2) is 12.0. The van der Waals surface area contributed by atoms with E-state index in [2.05, 4.69) is 168 Å². The third kappa shape index (κ3) is 4.53. The summed E-state index contributed by atoms with van der Waals surface area (Å²) >= 11 is 0. The van der Waals surface area contributed by atoms with E-state index in [0.29, 0.717) is 5.82 Å². The Hall–Kier alpha value is -7.56. The van der Waals surface area contributed by atoms with Crippen LogP contribution in [0, 0.1) is 0 Å². The lowest BCUT2D eigenvalue weighted by molar-refractivity contribution is 0.670. The summed E-state index contributed by atoms with van der Waals surface area (Å²) in [4.78, 5) is 10.4. The van der Waals surface area contributed by atoms with Gasteiger partial charge in [0, 0.05) is 43.6 Å². The Balaban J connectivity index is 1.23. The van der Waals surface area contributed by atoms with Crippen LogP contribution in [-0.4, -0.2) is 14.5 Å². The fraction of sp³-hybridized carbons (Fsp3) is 0. The van der Waals surface area contributed by atoms with Crippen molar-refractivity contribution in [2.24, 2.45) is 0 Å². The number of rotatable bonds is 4. The molecule has 9 aromatic carbocycles. The molecule has 3 aromatic heterocycles. The van der Waals surface area contributed by atoms with Crippen molar-refractivity contribution in [3.63, 3.8) is 0 Å². The molecule has 56 heavy (non-hydrogen) atoms. The SMILES string of the molecule is c1ccc(-c2cc(-c3ccc(-n4c5ccc6ccccc6c5c5c6ccccc6ccc54)c4oc5c6ccccc6ccc5c34)nc(-c3ccccc3)n2)cc1. The van der Waals surface area contributed by atoms with Crippen LogP contribution in [0.4, 0.5) is 0 Å². The van der Waals surface area contributed by atoms with Crippen molar-refractivity contribution < 1.29 is 4.42 Å². The van der Waals surface area contributed by atoms with Crippen LogP contribution in [0.2, 0.25) is 0 Å². The first-order valence-electron chi connectivity index (χ1n) is 19.0. The number of furan rings is 1. The predicted molar refractivity (Wildman–Crippen MR) is 232 cm³/mol. The maximum atomic E-state index is 7.22. The van der Waals surface area contributed by atoms with E-state index in [4.69, 9.17) is 14.4 Å². The maximum absolute atomic E-state index is 7.22. The molecule has 0 radical (unpaired) electrons. The summed E-state index contributed by atoms with van der Waals surface area (Å²) in [7, 11) is 0. The predicted octanol–water partition coefficient (Wildman–Crippen LogP) is 13.9. The van der Waals surface area contributed by atoms with Crippen molar-refractivity contribution in [1.82, 2.24) is 14.5 Å². The average molecular weight is 714 g/mol. The minimum absolute atomic E-state index is 0.679. The van der Waals surface area contributed by atoms with Crippen LogP contribution in [0.5, 0.6) is 0 Å². The second-order valence-corrected chi connectivity index (χ2v) is 14.5. The van der Waals surface area contributed by atoms with E-state index in [1.54, 1.807) is 0 Å². The Kier molecular flexibility index (Phi) is 6.60. The quantitative estimate of drug-likeness (QED) is 0.182. The highest BCUT2D eigenvalue weighted by Crippen LogP contribution is 2.46. The Morgan fingerprint density at radius 2 is 0.911 bits per heavy atom. The third-order valence-electron chi connectivity index (χ3n) is 11.4. The van der Waals surface area contributed by atoms with E-state index in [-0.39, 0.29) is 0 Å². The molecule has 0 aliphatic rings. The lowest BCUT2D eigenvalue weighted by atomic mass is 9.99. The Morgan fingerprint density at radius 3 is 1.57 bits per heavy atom. The molecule has 0 saturated carbocycles. The van der Waals surface area contributed by atoms with E-state index in [0.717, 1.165) is 77.5 Å². The van der Waals surface area contributed by atoms with Crippen LogP contribution >= 0.6 is 0 Å². The summed E-state index contributed by atoms with van der Waals surface area (Å²) in [5.41, 5.74) is 9.63. The first-order valence-corrected chi connectivity index (χ1v) is 19.0. The zero-order valence-electron chi connectivity index (χ0n) is 30.1. The van der Waals surface area contributed by atoms with Crippen LogP contribution < -0.4 is 0 Å². The molecule has 0 unspecified atom stereocenters. The van der Waals surface area contributed by atoms with Crippen molar-refractivity contribution in [2.75, 3.05) is 0 Å². The number of hydrogen-bond donors (Lipinski definition) is 0. The molecule has 12 aromatic rings. The van der Waals surface area contributed by atoms with Crippen molar-refractivity contribution in [2.45, 2.75) is 0 Å². The van der Waals surface area contributed by atoms with Crippen LogP contribution in [0.15, 0.2) is 192 Å². The van der Waals surface area contributed by atoms with Crippen LogP contribution in [0.25, 0.3) is 116 Å². The molecule has 0 atom stereocenters. The van der Waals surface area contributed by atoms with E-state index >= 15 is 0 Å². The molecular formula is C52H31N3O. The summed E-state index contributed by atoms with van der Waals surface area (Å²) in [6, 6.07) is 66.5. The molecule has 4 heteroatoms. The molecule has 0 N–H and O–H groups in total. The van der Waals surface area contributed by atoms with Gasteiger partial charge in [0.1, 0.15) is 5.58 Å². The lowest BCUT2D eigenvalue weighted by Gasteiger charge is -2.13. The molecule has 0 fully saturated rings. The van der Waals surface area contributed by atoms with Gasteiger partial charge < -0.3 is 8.98 Å². The number of nitrogens with zero attached hydrogens (tertiary/aromatic N) is 3. The Labute approximate surface area is 321 Å². The van der Waals surface area contributed by atoms with Gasteiger partial charge in [-0.05, 0) is 63.3 Å². The molecule has 0 amide bonds. The Bertz CT molecular complexity index is 3380. The number of hydrogen-bond acceptors (Lipinski definition) is 3. The molecule has 3 heterocycles. The van der Waals surface area contributed by atoms with E-state index < -0.39 is 0 Å².